The molecule has 0 saturated heterocycles. The Hall–Kier alpha value is -1.94. The zero-order chi connectivity index (χ0) is 11.1. The van der Waals surface area contributed by atoms with E-state index in [1.165, 1.54) is 6.08 Å². The van der Waals surface area contributed by atoms with Crippen LogP contribution in [0.5, 0.6) is 0 Å². The van der Waals surface area contributed by atoms with Gasteiger partial charge in [-0.15, -0.1) is 0 Å². The standard InChI is InChI=1S/C11H9NO3/c12-11(10(14)15)6-5-7-3-1-2-4-8(7)9(11)13/h1-6H,12H2,(H,14,15). The van der Waals surface area contributed by atoms with E-state index in [9.17, 15) is 9.59 Å². The number of nitrogens with two attached hydrogens (primary N) is 1. The molecule has 3 N–H and O–H groups in total. The highest BCUT2D eigenvalue weighted by atomic mass is 16.4. The first-order valence-electron chi connectivity index (χ1n) is 4.41. The summed E-state index contributed by atoms with van der Waals surface area (Å²) >= 11 is 0. The van der Waals surface area contributed by atoms with Gasteiger partial charge in [0.25, 0.3) is 0 Å². The van der Waals surface area contributed by atoms with Gasteiger partial charge >= 0.3 is 5.97 Å². The maximum atomic E-state index is 11.8. The Morgan fingerprint density at radius 2 is 2.00 bits per heavy atom. The largest absolute Gasteiger partial charge is 0.479 e. The van der Waals surface area contributed by atoms with Gasteiger partial charge in [0.1, 0.15) is 0 Å². The van der Waals surface area contributed by atoms with Gasteiger partial charge in [-0.1, -0.05) is 30.3 Å². The van der Waals surface area contributed by atoms with Crippen molar-refractivity contribution in [3.8, 4) is 0 Å². The van der Waals surface area contributed by atoms with Crippen LogP contribution in [-0.2, 0) is 4.79 Å². The topological polar surface area (TPSA) is 80.4 Å². The van der Waals surface area contributed by atoms with Crippen LogP contribution in [0.2, 0.25) is 0 Å². The summed E-state index contributed by atoms with van der Waals surface area (Å²) < 4.78 is 0. The molecule has 1 unspecified atom stereocenters. The molecular weight excluding hydrogens is 194 g/mol. The molecule has 0 fully saturated rings. The molecule has 0 bridgehead atoms. The molecule has 0 aromatic heterocycles. The van der Waals surface area contributed by atoms with Gasteiger partial charge in [0.2, 0.25) is 0 Å². The fourth-order valence-corrected chi connectivity index (χ4v) is 1.54. The van der Waals surface area contributed by atoms with Gasteiger partial charge in [0.15, 0.2) is 11.3 Å². The van der Waals surface area contributed by atoms with Gasteiger partial charge in [-0.05, 0) is 11.6 Å². The first kappa shape index (κ1) is 9.61. The maximum Gasteiger partial charge on any atom is 0.335 e. The summed E-state index contributed by atoms with van der Waals surface area (Å²) in [6, 6.07) is 6.77. The third-order valence-electron chi connectivity index (χ3n) is 2.46. The molecule has 0 radical (unpaired) electrons. The number of hydrogen-bond donors (Lipinski definition) is 2. The van der Waals surface area contributed by atoms with Crippen LogP contribution in [0.15, 0.2) is 30.3 Å². The molecule has 4 heteroatoms. The van der Waals surface area contributed by atoms with E-state index in [0.717, 1.165) is 0 Å². The molecule has 15 heavy (non-hydrogen) atoms. The minimum Gasteiger partial charge on any atom is -0.479 e. The number of carbonyl (C=O) groups excluding carboxylic acids is 1. The monoisotopic (exact) mass is 203 g/mol. The molecule has 0 heterocycles. The number of benzene rings is 1. The molecule has 1 aliphatic carbocycles. The molecule has 0 saturated carbocycles. The average Bonchev–Trinajstić information content (AvgIpc) is 2.24. The molecule has 0 spiro atoms. The first-order chi connectivity index (χ1) is 7.05. The highest BCUT2D eigenvalue weighted by Crippen LogP contribution is 2.24. The Kier molecular flexibility index (Phi) is 1.94. The molecule has 1 aliphatic rings. The number of fused-ring (bicyclic) bond motifs is 1. The van der Waals surface area contributed by atoms with Crippen LogP contribution in [0.25, 0.3) is 6.08 Å². The molecular formula is C11H9NO3. The highest BCUT2D eigenvalue weighted by Gasteiger charge is 2.42. The molecule has 0 amide bonds. The summed E-state index contributed by atoms with van der Waals surface area (Å²) in [5, 5.41) is 8.90. The van der Waals surface area contributed by atoms with E-state index in [4.69, 9.17) is 10.8 Å². The summed E-state index contributed by atoms with van der Waals surface area (Å²) in [5.41, 5.74) is 4.65. The van der Waals surface area contributed by atoms with Crippen LogP contribution in [0, 0.1) is 0 Å². The van der Waals surface area contributed by atoms with Crippen molar-refractivity contribution < 1.29 is 14.7 Å². The number of ketones is 1. The lowest BCUT2D eigenvalue weighted by molar-refractivity contribution is -0.139. The number of Topliss-reactive ketones (excluding diaryl/α,β-unsaturated/α-hetero) is 1. The minimum atomic E-state index is -1.92. The molecule has 2 rings (SSSR count). The van der Waals surface area contributed by atoms with E-state index >= 15 is 0 Å². The Balaban J connectivity index is 2.60. The second-order valence-electron chi connectivity index (χ2n) is 3.42. The molecule has 4 nitrogen and oxygen atoms in total. The lowest BCUT2D eigenvalue weighted by Crippen LogP contribution is -2.54. The predicted molar refractivity (Wildman–Crippen MR) is 54.4 cm³/mol. The Labute approximate surface area is 86.0 Å². The number of carbonyl (C=O) groups is 2. The Morgan fingerprint density at radius 1 is 1.33 bits per heavy atom. The van der Waals surface area contributed by atoms with Crippen LogP contribution < -0.4 is 5.73 Å². The summed E-state index contributed by atoms with van der Waals surface area (Å²) in [6.07, 6.45) is 2.78. The summed E-state index contributed by atoms with van der Waals surface area (Å²) in [4.78, 5) is 22.7. The Bertz CT molecular complexity index is 478. The van der Waals surface area contributed by atoms with Crippen molar-refractivity contribution in [1.29, 1.82) is 0 Å². The van der Waals surface area contributed by atoms with Gasteiger partial charge in [-0.25, -0.2) is 4.79 Å². The van der Waals surface area contributed by atoms with Crippen LogP contribution in [-0.4, -0.2) is 22.4 Å². The van der Waals surface area contributed by atoms with Crippen LogP contribution in [0.3, 0.4) is 0 Å². The maximum absolute atomic E-state index is 11.8. The fourth-order valence-electron chi connectivity index (χ4n) is 1.54. The summed E-state index contributed by atoms with van der Waals surface area (Å²) in [7, 11) is 0. The average molecular weight is 203 g/mol. The minimum absolute atomic E-state index is 0.352. The highest BCUT2D eigenvalue weighted by molar-refractivity contribution is 6.20. The summed E-state index contributed by atoms with van der Waals surface area (Å²) in [5.74, 6) is -1.91. The van der Waals surface area contributed by atoms with Gasteiger partial charge in [0, 0.05) is 5.56 Å². The fraction of sp³-hybridized carbons (Fsp3) is 0.0909. The van der Waals surface area contributed by atoms with Gasteiger partial charge in [-0.2, -0.15) is 0 Å². The summed E-state index contributed by atoms with van der Waals surface area (Å²) in [6.45, 7) is 0. The lowest BCUT2D eigenvalue weighted by Gasteiger charge is -2.23. The van der Waals surface area contributed by atoms with Gasteiger partial charge in [0.05, 0.1) is 0 Å². The van der Waals surface area contributed by atoms with E-state index in [2.05, 4.69) is 0 Å². The third kappa shape index (κ3) is 1.27. The van der Waals surface area contributed by atoms with Gasteiger partial charge in [-0.3, -0.25) is 4.79 Å². The first-order valence-corrected chi connectivity index (χ1v) is 4.41. The molecule has 76 valence electrons. The number of hydrogen-bond acceptors (Lipinski definition) is 3. The third-order valence-corrected chi connectivity index (χ3v) is 2.46. The van der Waals surface area contributed by atoms with Crippen molar-refractivity contribution in [2.45, 2.75) is 5.54 Å². The SMILES string of the molecule is NC1(C(=O)O)C=Cc2ccccc2C1=O. The second-order valence-corrected chi connectivity index (χ2v) is 3.42. The van der Waals surface area contributed by atoms with Crippen LogP contribution in [0.1, 0.15) is 15.9 Å². The quantitative estimate of drug-likeness (QED) is 0.657. The van der Waals surface area contributed by atoms with Crippen molar-refractivity contribution >= 4 is 17.8 Å². The normalized spacial score (nSPS) is 23.7. The van der Waals surface area contributed by atoms with E-state index in [1.54, 1.807) is 30.3 Å². The number of carboxylic acid groups (broad SMARTS) is 1. The molecule has 0 aliphatic heterocycles. The van der Waals surface area contributed by atoms with Crippen LogP contribution >= 0.6 is 0 Å². The van der Waals surface area contributed by atoms with Crippen LogP contribution in [0.4, 0.5) is 0 Å². The second kappa shape index (κ2) is 3.03. The Morgan fingerprint density at radius 3 is 2.67 bits per heavy atom. The van der Waals surface area contributed by atoms with E-state index in [-0.39, 0.29) is 0 Å². The zero-order valence-electron chi connectivity index (χ0n) is 7.81. The van der Waals surface area contributed by atoms with Crippen molar-refractivity contribution in [2.75, 3.05) is 0 Å². The number of carboxylic acids is 1. The van der Waals surface area contributed by atoms with Gasteiger partial charge < -0.3 is 10.8 Å². The van der Waals surface area contributed by atoms with E-state index in [1.807, 2.05) is 0 Å². The molecule has 1 aromatic carbocycles. The predicted octanol–water partition coefficient (Wildman–Crippen LogP) is 0.678. The van der Waals surface area contributed by atoms with Crippen molar-refractivity contribution in [1.82, 2.24) is 0 Å². The molecule has 1 aromatic rings. The number of rotatable bonds is 1. The van der Waals surface area contributed by atoms with Crippen molar-refractivity contribution in [3.63, 3.8) is 0 Å². The smallest absolute Gasteiger partial charge is 0.335 e. The van der Waals surface area contributed by atoms with Crippen molar-refractivity contribution in [2.24, 2.45) is 5.73 Å². The van der Waals surface area contributed by atoms with Crippen molar-refractivity contribution in [3.05, 3.63) is 41.5 Å². The number of aliphatic carboxylic acids is 1. The van der Waals surface area contributed by atoms with E-state index < -0.39 is 17.3 Å². The molecule has 1 atom stereocenters. The lowest BCUT2D eigenvalue weighted by atomic mass is 9.83. The van der Waals surface area contributed by atoms with E-state index in [0.29, 0.717) is 11.1 Å². The zero-order valence-corrected chi connectivity index (χ0v) is 7.81.